The van der Waals surface area contributed by atoms with E-state index in [-0.39, 0.29) is 12.4 Å². The lowest BCUT2D eigenvalue weighted by molar-refractivity contribution is 0.594. The molecule has 1 aromatic rings. The summed E-state index contributed by atoms with van der Waals surface area (Å²) in [5.74, 6) is 0.277. The van der Waals surface area contributed by atoms with Crippen LogP contribution in [0, 0.1) is 11.9 Å². The molecule has 1 nitrogen and oxygen atoms in total. The molecule has 12 heavy (non-hydrogen) atoms. The Morgan fingerprint density at radius 3 is 2.92 bits per heavy atom. The van der Waals surface area contributed by atoms with Crippen molar-refractivity contribution < 1.29 is 4.39 Å². The molecular formula is C10H11FN. The molecule has 63 valence electrons. The third-order valence-electron chi connectivity index (χ3n) is 2.25. The first-order chi connectivity index (χ1) is 5.83. The Balaban J connectivity index is 2.40. The Morgan fingerprint density at radius 1 is 1.58 bits per heavy atom. The van der Waals surface area contributed by atoms with Gasteiger partial charge in [-0.2, -0.15) is 0 Å². The maximum absolute atomic E-state index is 13.5. The summed E-state index contributed by atoms with van der Waals surface area (Å²) in [6.45, 7) is 0.278. The van der Waals surface area contributed by atoms with E-state index in [2.05, 4.69) is 6.07 Å². The smallest absolute Gasteiger partial charge is 0.131 e. The number of benzene rings is 1. The highest BCUT2D eigenvalue weighted by atomic mass is 19.1. The minimum absolute atomic E-state index is 0.137. The number of hydrogen-bond donors (Lipinski definition) is 1. The van der Waals surface area contributed by atoms with Crippen LogP contribution in [-0.2, 0) is 6.54 Å². The minimum atomic E-state index is -0.137. The van der Waals surface area contributed by atoms with Crippen molar-refractivity contribution in [2.45, 2.75) is 25.3 Å². The van der Waals surface area contributed by atoms with Crippen molar-refractivity contribution in [2.24, 2.45) is 5.73 Å². The molecule has 0 aromatic heterocycles. The molecule has 0 bridgehead atoms. The number of halogens is 1. The summed E-state index contributed by atoms with van der Waals surface area (Å²) in [6, 6.07) is 6.40. The summed E-state index contributed by atoms with van der Waals surface area (Å²) in [7, 11) is 0. The van der Waals surface area contributed by atoms with Gasteiger partial charge in [0.15, 0.2) is 0 Å². The van der Waals surface area contributed by atoms with E-state index in [0.717, 1.165) is 18.4 Å². The van der Waals surface area contributed by atoms with Crippen molar-refractivity contribution in [3.05, 3.63) is 35.1 Å². The maximum atomic E-state index is 13.5. The van der Waals surface area contributed by atoms with E-state index in [4.69, 9.17) is 5.73 Å². The number of nitrogens with two attached hydrogens (primary N) is 1. The average Bonchev–Trinajstić information content (AvgIpc) is 2.88. The Labute approximate surface area is 71.4 Å². The third kappa shape index (κ3) is 1.23. The van der Waals surface area contributed by atoms with Crippen molar-refractivity contribution in [1.29, 1.82) is 0 Å². The average molecular weight is 164 g/mol. The summed E-state index contributed by atoms with van der Waals surface area (Å²) in [5.41, 5.74) is 6.73. The molecule has 0 atom stereocenters. The molecular weight excluding hydrogens is 153 g/mol. The van der Waals surface area contributed by atoms with Crippen LogP contribution in [0.4, 0.5) is 4.39 Å². The van der Waals surface area contributed by atoms with Gasteiger partial charge in [-0.15, -0.1) is 0 Å². The van der Waals surface area contributed by atoms with Gasteiger partial charge in [-0.05, 0) is 30.4 Å². The molecule has 1 fully saturated rings. The summed E-state index contributed by atoms with van der Waals surface area (Å²) < 4.78 is 13.5. The Morgan fingerprint density at radius 2 is 2.33 bits per heavy atom. The Kier molecular flexibility index (Phi) is 1.85. The van der Waals surface area contributed by atoms with Gasteiger partial charge in [-0.1, -0.05) is 12.1 Å². The van der Waals surface area contributed by atoms with E-state index in [0.29, 0.717) is 11.5 Å². The van der Waals surface area contributed by atoms with E-state index < -0.39 is 0 Å². The van der Waals surface area contributed by atoms with Crippen LogP contribution in [0.15, 0.2) is 12.1 Å². The van der Waals surface area contributed by atoms with E-state index >= 15 is 0 Å². The molecule has 0 aliphatic heterocycles. The Bertz CT molecular complexity index is 292. The zero-order valence-electron chi connectivity index (χ0n) is 6.81. The normalized spacial score (nSPS) is 16.5. The molecule has 1 radical (unpaired) electrons. The van der Waals surface area contributed by atoms with E-state index in [1.807, 2.05) is 0 Å². The molecule has 0 amide bonds. The molecule has 2 N–H and O–H groups in total. The number of hydrogen-bond acceptors (Lipinski definition) is 1. The van der Waals surface area contributed by atoms with Crippen LogP contribution < -0.4 is 5.73 Å². The van der Waals surface area contributed by atoms with E-state index in [1.54, 1.807) is 12.1 Å². The lowest BCUT2D eigenvalue weighted by Crippen LogP contribution is -2.02. The van der Waals surface area contributed by atoms with Gasteiger partial charge < -0.3 is 5.73 Å². The molecule has 0 heterocycles. The summed E-state index contributed by atoms with van der Waals surface area (Å²) in [4.78, 5) is 0. The molecule has 0 unspecified atom stereocenters. The summed E-state index contributed by atoms with van der Waals surface area (Å²) in [5, 5.41) is 0. The first-order valence-corrected chi connectivity index (χ1v) is 4.22. The monoisotopic (exact) mass is 164 g/mol. The summed E-state index contributed by atoms with van der Waals surface area (Å²) in [6.07, 6.45) is 2.20. The second kappa shape index (κ2) is 2.87. The number of rotatable bonds is 2. The van der Waals surface area contributed by atoms with Crippen molar-refractivity contribution in [2.75, 3.05) is 0 Å². The Hall–Kier alpha value is -0.890. The fraction of sp³-hybridized carbons (Fsp3) is 0.400. The molecule has 1 aliphatic rings. The molecule has 2 rings (SSSR count). The fourth-order valence-electron chi connectivity index (χ4n) is 1.37. The standard InChI is InChI=1S/C10H11FN/c11-10-8(6-12)2-1-3-9(10)7-4-5-7/h1-2,7H,4-6,12H2. The first kappa shape index (κ1) is 7.74. The van der Waals surface area contributed by atoms with Crippen molar-refractivity contribution >= 4 is 0 Å². The SMILES string of the molecule is NCc1cc[c]c(C2CC2)c1F. The van der Waals surface area contributed by atoms with Crippen LogP contribution >= 0.6 is 0 Å². The van der Waals surface area contributed by atoms with Crippen LogP contribution in [0.25, 0.3) is 0 Å². The highest BCUT2D eigenvalue weighted by molar-refractivity contribution is 5.30. The molecule has 0 saturated heterocycles. The van der Waals surface area contributed by atoms with E-state index in [9.17, 15) is 4.39 Å². The van der Waals surface area contributed by atoms with Crippen LogP contribution in [0.2, 0.25) is 0 Å². The first-order valence-electron chi connectivity index (χ1n) is 4.22. The molecule has 0 spiro atoms. The molecule has 1 aliphatic carbocycles. The highest BCUT2D eigenvalue weighted by Gasteiger charge is 2.27. The van der Waals surface area contributed by atoms with Crippen LogP contribution in [0.5, 0.6) is 0 Å². The largest absolute Gasteiger partial charge is 0.326 e. The van der Waals surface area contributed by atoms with Crippen LogP contribution in [0.1, 0.15) is 29.9 Å². The van der Waals surface area contributed by atoms with Gasteiger partial charge in [0.1, 0.15) is 5.82 Å². The van der Waals surface area contributed by atoms with Gasteiger partial charge in [0.2, 0.25) is 0 Å². The van der Waals surface area contributed by atoms with Crippen LogP contribution in [0.3, 0.4) is 0 Å². The second-order valence-corrected chi connectivity index (χ2v) is 3.21. The predicted molar refractivity (Wildman–Crippen MR) is 45.1 cm³/mol. The molecule has 2 heteroatoms. The molecule has 1 aromatic carbocycles. The maximum Gasteiger partial charge on any atom is 0.131 e. The molecule has 1 saturated carbocycles. The van der Waals surface area contributed by atoms with Gasteiger partial charge in [-0.25, -0.2) is 4.39 Å². The van der Waals surface area contributed by atoms with Crippen molar-refractivity contribution in [3.63, 3.8) is 0 Å². The lowest BCUT2D eigenvalue weighted by Gasteiger charge is -2.03. The topological polar surface area (TPSA) is 26.0 Å². The highest BCUT2D eigenvalue weighted by Crippen LogP contribution is 2.41. The lowest BCUT2D eigenvalue weighted by atomic mass is 10.1. The summed E-state index contributed by atoms with van der Waals surface area (Å²) >= 11 is 0. The zero-order chi connectivity index (χ0) is 8.55. The third-order valence-corrected chi connectivity index (χ3v) is 2.25. The van der Waals surface area contributed by atoms with Crippen molar-refractivity contribution in [3.8, 4) is 0 Å². The van der Waals surface area contributed by atoms with Gasteiger partial charge in [-0.3, -0.25) is 0 Å². The quantitative estimate of drug-likeness (QED) is 0.710. The fourth-order valence-corrected chi connectivity index (χ4v) is 1.37. The van der Waals surface area contributed by atoms with Gasteiger partial charge in [0.25, 0.3) is 0 Å². The van der Waals surface area contributed by atoms with Gasteiger partial charge in [0, 0.05) is 12.1 Å². The van der Waals surface area contributed by atoms with Crippen LogP contribution in [-0.4, -0.2) is 0 Å². The van der Waals surface area contributed by atoms with Crippen molar-refractivity contribution in [1.82, 2.24) is 0 Å². The zero-order valence-corrected chi connectivity index (χ0v) is 6.81. The second-order valence-electron chi connectivity index (χ2n) is 3.21. The predicted octanol–water partition coefficient (Wildman–Crippen LogP) is 1.96. The van der Waals surface area contributed by atoms with Gasteiger partial charge >= 0.3 is 0 Å². The minimum Gasteiger partial charge on any atom is -0.326 e. The van der Waals surface area contributed by atoms with E-state index in [1.165, 1.54) is 0 Å². The van der Waals surface area contributed by atoms with Gasteiger partial charge in [0.05, 0.1) is 0 Å².